The first-order valence-electron chi connectivity index (χ1n) is 46.1. The van der Waals surface area contributed by atoms with Gasteiger partial charge >= 0.3 is 35.8 Å². The van der Waals surface area contributed by atoms with E-state index in [4.69, 9.17) is 78.1 Å². The van der Waals surface area contributed by atoms with E-state index in [0.29, 0.717) is 147 Å². The van der Waals surface area contributed by atoms with Crippen LogP contribution < -0.4 is 63.5 Å². The predicted octanol–water partition coefficient (Wildman–Crippen LogP) is 23.0. The van der Waals surface area contributed by atoms with E-state index in [1.165, 1.54) is 41.9 Å². The highest BCUT2D eigenvalue weighted by atomic mass is 32.1. The molecule has 10 aromatic rings. The van der Waals surface area contributed by atoms with Gasteiger partial charge in [-0.1, -0.05) is 138 Å². The molecule has 29 heteroatoms. The van der Waals surface area contributed by atoms with E-state index in [1.54, 1.807) is 111 Å². The molecule has 2 aliphatic carbocycles. The summed E-state index contributed by atoms with van der Waals surface area (Å²) in [5.74, 6) is 6.87. The van der Waals surface area contributed by atoms with E-state index in [9.17, 15) is 28.8 Å². The van der Waals surface area contributed by atoms with Gasteiger partial charge in [-0.25, -0.2) is 40.4 Å². The molecule has 0 bridgehead atoms. The number of unbranched alkanes of at least 4 members (excludes halogenated alkanes) is 15. The largest absolute Gasteiger partial charge is 0.497 e. The smallest absolute Gasteiger partial charge is 0.330 e. The number of ether oxygens (including phenoxy) is 11. The van der Waals surface area contributed by atoms with E-state index in [0.717, 1.165) is 192 Å². The van der Waals surface area contributed by atoms with E-state index >= 15 is 0 Å². The number of nitrogens with zero attached hydrogens (tertiary/aromatic N) is 8. The molecule has 26 nitrogen and oxygen atoms in total. The van der Waals surface area contributed by atoms with Gasteiger partial charge < -0.3 is 52.1 Å². The van der Waals surface area contributed by atoms with Crippen molar-refractivity contribution in [3.05, 3.63) is 176 Å². The summed E-state index contributed by atoms with van der Waals surface area (Å²) in [5, 5.41) is 18.1. The zero-order valence-electron chi connectivity index (χ0n) is 76.4. The van der Waals surface area contributed by atoms with Crippen LogP contribution in [0.1, 0.15) is 212 Å². The van der Waals surface area contributed by atoms with Gasteiger partial charge in [0.25, 0.3) is 0 Å². The molecule has 0 aliphatic heterocycles. The van der Waals surface area contributed by atoms with Crippen molar-refractivity contribution in [3.8, 4) is 62.9 Å². The number of hydrogen-bond donors (Lipinski definition) is 1. The number of nitrogens with two attached hydrogens (primary N) is 1. The third kappa shape index (κ3) is 31.5. The van der Waals surface area contributed by atoms with Crippen molar-refractivity contribution in [2.45, 2.75) is 201 Å². The van der Waals surface area contributed by atoms with Crippen LogP contribution in [0.4, 0.5) is 15.4 Å². The number of esters is 6. The number of carbonyl (C=O) groups excluding carboxylic acids is 6. The summed E-state index contributed by atoms with van der Waals surface area (Å²) >= 11 is 4.63. The number of methoxy groups -OCH3 is 3. The number of anilines is 3. The lowest BCUT2D eigenvalue weighted by Crippen LogP contribution is -2.31. The van der Waals surface area contributed by atoms with Crippen LogP contribution in [0.5, 0.6) is 51.7 Å². The number of fused-ring (bicyclic) bond motifs is 3. The molecule has 2 N–H and O–H groups in total. The summed E-state index contributed by atoms with van der Waals surface area (Å²) in [4.78, 5) is 93.4. The Balaban J connectivity index is 0.000000769. The fourth-order valence-electron chi connectivity index (χ4n) is 15.2. The molecule has 2 fully saturated rings. The van der Waals surface area contributed by atoms with E-state index in [2.05, 4.69) is 38.9 Å². The van der Waals surface area contributed by atoms with E-state index in [-0.39, 0.29) is 11.9 Å². The minimum absolute atomic E-state index is 0.292. The Labute approximate surface area is 780 Å². The zero-order valence-corrected chi connectivity index (χ0v) is 78.8. The number of hydrogen-bond acceptors (Lipinski definition) is 29. The summed E-state index contributed by atoms with van der Waals surface area (Å²) in [6.07, 6.45) is 28.8. The molecule has 0 spiro atoms. The zero-order chi connectivity index (χ0) is 92.5. The quantitative estimate of drug-likeness (QED) is 0.00704. The van der Waals surface area contributed by atoms with Crippen LogP contribution in [0.15, 0.2) is 175 Å². The summed E-state index contributed by atoms with van der Waals surface area (Å²) < 4.78 is 65.8. The molecule has 3 heterocycles. The Hall–Kier alpha value is -11.8. The van der Waals surface area contributed by atoms with Crippen LogP contribution in [0, 0.1) is 23.7 Å². The van der Waals surface area contributed by atoms with Crippen LogP contribution in [0.2, 0.25) is 0 Å². The number of rotatable bonds is 52. The second kappa shape index (κ2) is 53.5. The molecule has 7 aromatic carbocycles. The second-order valence-electron chi connectivity index (χ2n) is 32.6. The summed E-state index contributed by atoms with van der Waals surface area (Å²) in [5.41, 5.74) is 5.11. The summed E-state index contributed by atoms with van der Waals surface area (Å²) in [7, 11) is 4.95. The highest BCUT2D eigenvalue weighted by Crippen LogP contribution is 2.40. The van der Waals surface area contributed by atoms with Gasteiger partial charge in [-0.15, -0.1) is 0 Å². The van der Waals surface area contributed by atoms with Crippen LogP contribution in [0.3, 0.4) is 0 Å². The van der Waals surface area contributed by atoms with Gasteiger partial charge in [-0.3, -0.25) is 24.2 Å². The van der Waals surface area contributed by atoms with Gasteiger partial charge in [-0.05, 0) is 261 Å². The van der Waals surface area contributed by atoms with Gasteiger partial charge in [0.05, 0.1) is 115 Å². The molecule has 0 radical (unpaired) electrons. The third-order valence-corrected chi connectivity index (χ3v) is 26.0. The summed E-state index contributed by atoms with van der Waals surface area (Å²) in [6, 6.07) is 42.6. The Morgan fingerprint density at radius 1 is 0.374 bits per heavy atom. The van der Waals surface area contributed by atoms with Crippen molar-refractivity contribution in [1.29, 1.82) is 0 Å². The van der Waals surface area contributed by atoms with Gasteiger partial charge in [0.1, 0.15) is 51.7 Å². The molecule has 0 amide bonds. The fraction of sp³-hybridized carbons (Fsp3) is 0.441. The summed E-state index contributed by atoms with van der Waals surface area (Å²) in [6.45, 7) is 17.2. The number of carbonyl (C=O) groups is 6. The molecule has 0 saturated heterocycles. The average Bonchev–Trinajstić information content (AvgIpc) is 1.38. The van der Waals surface area contributed by atoms with Crippen molar-refractivity contribution in [2.24, 2.45) is 39.7 Å². The SMILES string of the molecule is C=CC(=O)OCCCCCCOc1ccc(OC(=O)C2CCC(C(=O)Oc3ccc(-c4ccc(OC(=O)C5CCC(C(=O)Oc6ccc(OCCCCCCOC(=O)C=C)cc6)CC5)c(/C=N/N(CCCCCC)c5nc6ccc(OC)cc6s5)c4)cc3/C=N/N(CCCCCC)c3nc4ccc(OC)cc4s3)CC2)cc1.CCCCCCN(N)c1nc2ccc(OC)cc2s1. The lowest BCUT2D eigenvalue weighted by molar-refractivity contribution is -0.145. The van der Waals surface area contributed by atoms with Crippen molar-refractivity contribution in [2.75, 3.05) is 82.4 Å². The minimum atomic E-state index is -0.491. The highest BCUT2D eigenvalue weighted by Gasteiger charge is 2.35. The van der Waals surface area contributed by atoms with Crippen LogP contribution >= 0.6 is 34.0 Å². The molecule has 698 valence electrons. The number of hydrazone groups is 2. The highest BCUT2D eigenvalue weighted by molar-refractivity contribution is 7.23. The number of thiazole rings is 3. The molecular formula is C102H125N9O17S3. The molecule has 0 unspecified atom stereocenters. The third-order valence-electron chi connectivity index (χ3n) is 22.9. The standard InChI is InChI=1S/C88H104N6O16S2.C14H21N3OS/c1-7-11-13-19-49-93(87-91-75-45-43-73(101-5)57-79(75)111-87)89-59-67-55-65(33-47-77(67)109-85(99)63-29-25-61(26-30-63)83(97)107-71-39-35-69(36-40-71)103-51-21-15-17-23-53-105-81(95)9-3)66-34-48-78(68(56-66)60-90-94(50-20-14-12-8-2)88-92-76-46-44-74(102-6)58-80(76)112-88)110-86(100)64-31-27-62(28-32-64)84(98)108-72-41-37-70(38-42-72)104-52-22-16-18-24-54-106-82(96)10-4;1-3-4-5-6-9-17(15)14-16-12-8-7-11(18-2)10-13(12)19-14/h9-10,33-48,55-64H,3-4,7-8,11-32,49-54H2,1-2,5-6H3;7-8,10H,3-6,9,15H2,1-2H3/b89-59+,90-60+;. The van der Waals surface area contributed by atoms with Crippen molar-refractivity contribution in [1.82, 2.24) is 15.0 Å². The maximum atomic E-state index is 14.5. The predicted molar refractivity (Wildman–Crippen MR) is 521 cm³/mol. The van der Waals surface area contributed by atoms with Crippen LogP contribution in [0.25, 0.3) is 41.8 Å². The molecule has 12 rings (SSSR count). The van der Waals surface area contributed by atoms with Gasteiger partial charge in [-0.2, -0.15) is 10.2 Å². The molecule has 131 heavy (non-hydrogen) atoms. The fourth-order valence-corrected chi connectivity index (χ4v) is 18.1. The first-order valence-corrected chi connectivity index (χ1v) is 48.6. The average molecular weight is 1850 g/mol. The molecule has 3 aromatic heterocycles. The van der Waals surface area contributed by atoms with Crippen LogP contribution in [-0.2, 0) is 38.2 Å². The van der Waals surface area contributed by atoms with Gasteiger partial charge in [0, 0.05) is 42.9 Å². The first kappa shape index (κ1) is 99.8. The van der Waals surface area contributed by atoms with Crippen LogP contribution in [-0.4, -0.2) is 131 Å². The van der Waals surface area contributed by atoms with E-state index in [1.807, 2.05) is 88.9 Å². The van der Waals surface area contributed by atoms with Crippen molar-refractivity contribution >= 4 is 128 Å². The lowest BCUT2D eigenvalue weighted by atomic mass is 9.82. The lowest BCUT2D eigenvalue weighted by Gasteiger charge is -2.26. The number of benzene rings is 7. The minimum Gasteiger partial charge on any atom is -0.497 e. The van der Waals surface area contributed by atoms with E-state index < -0.39 is 47.5 Å². The molecule has 2 saturated carbocycles. The Morgan fingerprint density at radius 2 is 0.687 bits per heavy atom. The first-order chi connectivity index (χ1) is 63.9. The maximum Gasteiger partial charge on any atom is 0.330 e. The van der Waals surface area contributed by atoms with Gasteiger partial charge in [0.2, 0.25) is 15.4 Å². The second-order valence-corrected chi connectivity index (χ2v) is 35.6. The van der Waals surface area contributed by atoms with Crippen molar-refractivity contribution < 1.29 is 80.9 Å². The Kier molecular flexibility index (Phi) is 40.8. The monoisotopic (exact) mass is 1840 g/mol. The number of aromatic nitrogens is 3. The number of hydrazine groups is 1. The van der Waals surface area contributed by atoms with Crippen molar-refractivity contribution in [3.63, 3.8) is 0 Å². The molecule has 0 atom stereocenters. The molecular weight excluding hydrogens is 1720 g/mol. The Morgan fingerprint density at radius 3 is 1.04 bits per heavy atom. The topological polar surface area (TPSA) is 303 Å². The normalized spacial score (nSPS) is 14.8. The molecule has 2 aliphatic rings. The Bertz CT molecular complexity index is 5110. The maximum absolute atomic E-state index is 14.5. The van der Waals surface area contributed by atoms with Gasteiger partial charge in [0.15, 0.2) is 0 Å².